The van der Waals surface area contributed by atoms with Gasteiger partial charge in [-0.15, -0.1) is 0 Å². The maximum atomic E-state index is 4.39. The number of fused-ring (bicyclic) bond motifs is 1. The molecule has 1 aliphatic carbocycles. The molecule has 1 aliphatic heterocycles. The minimum absolute atomic E-state index is 0.644. The van der Waals surface area contributed by atoms with Crippen LogP contribution in [-0.4, -0.2) is 34.0 Å². The van der Waals surface area contributed by atoms with Gasteiger partial charge in [-0.1, -0.05) is 13.0 Å². The first-order valence-corrected chi connectivity index (χ1v) is 7.18. The van der Waals surface area contributed by atoms with Crippen molar-refractivity contribution < 1.29 is 0 Å². The van der Waals surface area contributed by atoms with Gasteiger partial charge in [0.05, 0.1) is 0 Å². The summed E-state index contributed by atoms with van der Waals surface area (Å²) in [5, 5.41) is 1.25. The Kier molecular flexibility index (Phi) is 2.49. The number of hydrogen-bond donors (Lipinski definition) is 1. The highest BCUT2D eigenvalue weighted by molar-refractivity contribution is 5.91. The fourth-order valence-electron chi connectivity index (χ4n) is 3.22. The largest absolute Gasteiger partial charge is 0.346 e. The highest BCUT2D eigenvalue weighted by atomic mass is 15.2. The highest BCUT2D eigenvalue weighted by Gasteiger charge is 2.32. The van der Waals surface area contributed by atoms with Crippen molar-refractivity contribution in [2.24, 2.45) is 5.92 Å². The second-order valence-corrected chi connectivity index (χ2v) is 5.93. The van der Waals surface area contributed by atoms with E-state index in [-0.39, 0.29) is 0 Å². The molecule has 2 aromatic heterocycles. The summed E-state index contributed by atoms with van der Waals surface area (Å²) in [6.45, 7) is 4.63. The van der Waals surface area contributed by atoms with Gasteiger partial charge in [-0.2, -0.15) is 0 Å². The lowest BCUT2D eigenvalue weighted by molar-refractivity contribution is 0.262. The molecule has 0 spiro atoms. The van der Waals surface area contributed by atoms with E-state index < -0.39 is 0 Å². The Labute approximate surface area is 113 Å². The standard InChI is InChI=1S/C16H19N3/c1-11-7-12(10-19(9-11)13-4-5-13)15-8-18-16-14(15)3-2-6-17-16/h2-3,6-8,11,13H,4-5,9-10H2,1H3,(H,17,18). The Morgan fingerprint density at radius 2 is 2.26 bits per heavy atom. The van der Waals surface area contributed by atoms with Crippen molar-refractivity contribution in [2.75, 3.05) is 13.1 Å². The minimum atomic E-state index is 0.644. The van der Waals surface area contributed by atoms with E-state index in [0.717, 1.165) is 18.2 Å². The van der Waals surface area contributed by atoms with Crippen molar-refractivity contribution in [3.8, 4) is 0 Å². The lowest BCUT2D eigenvalue weighted by atomic mass is 9.96. The van der Waals surface area contributed by atoms with Crippen LogP contribution in [0.2, 0.25) is 0 Å². The predicted molar refractivity (Wildman–Crippen MR) is 77.8 cm³/mol. The van der Waals surface area contributed by atoms with Gasteiger partial charge in [0, 0.05) is 42.5 Å². The summed E-state index contributed by atoms with van der Waals surface area (Å²) in [6.07, 6.45) is 9.17. The van der Waals surface area contributed by atoms with Crippen LogP contribution < -0.4 is 0 Å². The predicted octanol–water partition coefficient (Wildman–Crippen LogP) is 3.06. The van der Waals surface area contributed by atoms with Crippen LogP contribution in [0, 0.1) is 5.92 Å². The summed E-state index contributed by atoms with van der Waals surface area (Å²) < 4.78 is 0. The topological polar surface area (TPSA) is 31.9 Å². The lowest BCUT2D eigenvalue weighted by Crippen LogP contribution is -2.35. The first kappa shape index (κ1) is 11.2. The average Bonchev–Trinajstić information content (AvgIpc) is 3.18. The fourth-order valence-corrected chi connectivity index (χ4v) is 3.22. The van der Waals surface area contributed by atoms with Gasteiger partial charge in [-0.3, -0.25) is 4.90 Å². The van der Waals surface area contributed by atoms with Gasteiger partial charge in [0.15, 0.2) is 0 Å². The molecule has 0 radical (unpaired) electrons. The zero-order valence-corrected chi connectivity index (χ0v) is 11.3. The number of nitrogens with zero attached hydrogens (tertiary/aromatic N) is 2. The third kappa shape index (κ3) is 1.98. The van der Waals surface area contributed by atoms with Gasteiger partial charge in [-0.05, 0) is 36.5 Å². The second-order valence-electron chi connectivity index (χ2n) is 5.93. The van der Waals surface area contributed by atoms with Crippen LogP contribution in [-0.2, 0) is 0 Å². The maximum Gasteiger partial charge on any atom is 0.137 e. The van der Waals surface area contributed by atoms with Gasteiger partial charge in [0.1, 0.15) is 5.65 Å². The molecule has 1 fully saturated rings. The molecule has 98 valence electrons. The smallest absolute Gasteiger partial charge is 0.137 e. The monoisotopic (exact) mass is 253 g/mol. The van der Waals surface area contributed by atoms with Crippen LogP contribution in [0.3, 0.4) is 0 Å². The van der Waals surface area contributed by atoms with Crippen LogP contribution in [0.15, 0.2) is 30.6 Å². The molecular weight excluding hydrogens is 234 g/mol. The van der Waals surface area contributed by atoms with Crippen molar-refractivity contribution in [2.45, 2.75) is 25.8 Å². The molecule has 3 heterocycles. The third-order valence-electron chi connectivity index (χ3n) is 4.24. The number of pyridine rings is 1. The van der Waals surface area contributed by atoms with E-state index in [0.29, 0.717) is 5.92 Å². The normalized spacial score (nSPS) is 24.7. The first-order chi connectivity index (χ1) is 9.31. The van der Waals surface area contributed by atoms with Crippen molar-refractivity contribution in [1.29, 1.82) is 0 Å². The van der Waals surface area contributed by atoms with E-state index in [2.05, 4.69) is 40.1 Å². The Morgan fingerprint density at radius 1 is 1.37 bits per heavy atom. The van der Waals surface area contributed by atoms with E-state index in [1.165, 1.54) is 35.9 Å². The second kappa shape index (κ2) is 4.20. The summed E-state index contributed by atoms with van der Waals surface area (Å²) in [4.78, 5) is 10.3. The first-order valence-electron chi connectivity index (χ1n) is 7.18. The molecule has 1 saturated carbocycles. The van der Waals surface area contributed by atoms with Crippen molar-refractivity contribution in [3.63, 3.8) is 0 Å². The van der Waals surface area contributed by atoms with Gasteiger partial charge < -0.3 is 4.98 Å². The van der Waals surface area contributed by atoms with Crippen LogP contribution in [0.4, 0.5) is 0 Å². The lowest BCUT2D eigenvalue weighted by Gasteiger charge is -2.30. The Morgan fingerprint density at radius 3 is 3.11 bits per heavy atom. The molecular formula is C16H19N3. The van der Waals surface area contributed by atoms with E-state index in [1.807, 2.05) is 12.3 Å². The summed E-state index contributed by atoms with van der Waals surface area (Å²) >= 11 is 0. The molecule has 2 aliphatic rings. The Balaban J connectivity index is 1.74. The molecule has 0 amide bonds. The molecule has 1 N–H and O–H groups in total. The van der Waals surface area contributed by atoms with Crippen molar-refractivity contribution >= 4 is 16.6 Å². The summed E-state index contributed by atoms with van der Waals surface area (Å²) in [5.41, 5.74) is 3.79. The molecule has 1 unspecified atom stereocenters. The van der Waals surface area contributed by atoms with Crippen LogP contribution >= 0.6 is 0 Å². The van der Waals surface area contributed by atoms with Crippen LogP contribution in [0.1, 0.15) is 25.3 Å². The SMILES string of the molecule is CC1C=C(c2c[nH]c3ncccc23)CN(C2CC2)C1. The van der Waals surface area contributed by atoms with Gasteiger partial charge in [-0.25, -0.2) is 4.98 Å². The number of aromatic amines is 1. The van der Waals surface area contributed by atoms with E-state index in [4.69, 9.17) is 0 Å². The van der Waals surface area contributed by atoms with Crippen molar-refractivity contribution in [1.82, 2.24) is 14.9 Å². The third-order valence-corrected chi connectivity index (χ3v) is 4.24. The Hall–Kier alpha value is -1.61. The minimum Gasteiger partial charge on any atom is -0.346 e. The van der Waals surface area contributed by atoms with Gasteiger partial charge in [0.25, 0.3) is 0 Å². The summed E-state index contributed by atoms with van der Waals surface area (Å²) in [6, 6.07) is 5.02. The van der Waals surface area contributed by atoms with Crippen LogP contribution in [0.5, 0.6) is 0 Å². The van der Waals surface area contributed by atoms with Gasteiger partial charge in [0.2, 0.25) is 0 Å². The van der Waals surface area contributed by atoms with Crippen molar-refractivity contribution in [3.05, 3.63) is 36.2 Å². The molecule has 4 rings (SSSR count). The van der Waals surface area contributed by atoms with E-state index >= 15 is 0 Å². The highest BCUT2D eigenvalue weighted by Crippen LogP contribution is 2.34. The molecule has 1 atom stereocenters. The zero-order chi connectivity index (χ0) is 12.8. The average molecular weight is 253 g/mol. The van der Waals surface area contributed by atoms with E-state index in [9.17, 15) is 0 Å². The molecule has 0 aromatic carbocycles. The number of hydrogen-bond acceptors (Lipinski definition) is 2. The number of aromatic nitrogens is 2. The van der Waals surface area contributed by atoms with E-state index in [1.54, 1.807) is 0 Å². The van der Waals surface area contributed by atoms with Gasteiger partial charge >= 0.3 is 0 Å². The molecule has 0 saturated heterocycles. The molecule has 0 bridgehead atoms. The maximum absolute atomic E-state index is 4.39. The summed E-state index contributed by atoms with van der Waals surface area (Å²) in [7, 11) is 0. The number of nitrogens with one attached hydrogen (secondary N) is 1. The Bertz CT molecular complexity index is 636. The fraction of sp³-hybridized carbons (Fsp3) is 0.438. The molecule has 19 heavy (non-hydrogen) atoms. The summed E-state index contributed by atoms with van der Waals surface area (Å²) in [5.74, 6) is 0.644. The number of rotatable bonds is 2. The molecule has 3 heteroatoms. The quantitative estimate of drug-likeness (QED) is 0.892. The van der Waals surface area contributed by atoms with Crippen LogP contribution in [0.25, 0.3) is 16.6 Å². The molecule has 2 aromatic rings. The number of H-pyrrole nitrogens is 1. The molecule has 3 nitrogen and oxygen atoms in total. The zero-order valence-electron chi connectivity index (χ0n) is 11.3.